The Morgan fingerprint density at radius 2 is 1.83 bits per heavy atom. The number of amides is 3. The number of hydrogen-bond donors (Lipinski definition) is 3. The molecular formula is C20H27N7O2. The molecule has 3 N–H and O–H groups in total. The lowest BCUT2D eigenvalue weighted by Gasteiger charge is -2.36. The maximum atomic E-state index is 11.6. The molecule has 0 aliphatic carbocycles. The van der Waals surface area contributed by atoms with E-state index in [0.717, 1.165) is 44.0 Å². The molecule has 0 unspecified atom stereocenters. The van der Waals surface area contributed by atoms with Crippen molar-refractivity contribution in [2.24, 2.45) is 0 Å². The molecule has 1 fully saturated rings. The first-order chi connectivity index (χ1) is 14.1. The van der Waals surface area contributed by atoms with Gasteiger partial charge in [0, 0.05) is 52.5 Å². The molecule has 1 aliphatic rings. The van der Waals surface area contributed by atoms with Crippen molar-refractivity contribution in [3.05, 3.63) is 47.9 Å². The minimum Gasteiger partial charge on any atom is -0.368 e. The molecule has 2 aromatic heterocycles. The van der Waals surface area contributed by atoms with Crippen LogP contribution in [0.25, 0.3) is 0 Å². The summed E-state index contributed by atoms with van der Waals surface area (Å²) in [5.74, 6) is 0.361. The molecule has 0 atom stereocenters. The molecule has 0 bridgehead atoms. The molecule has 1 saturated heterocycles. The molecule has 1 aliphatic heterocycles. The smallest absolute Gasteiger partial charge is 0.320 e. The number of nitrogens with one attached hydrogen (secondary N) is 3. The first-order valence-corrected chi connectivity index (χ1v) is 9.74. The number of piperazine rings is 1. The van der Waals surface area contributed by atoms with Crippen molar-refractivity contribution < 1.29 is 9.59 Å². The average Bonchev–Trinajstić information content (AvgIpc) is 2.75. The number of aromatic nitrogens is 2. The van der Waals surface area contributed by atoms with Crippen molar-refractivity contribution in [3.8, 4) is 0 Å². The number of nitrogens with zero attached hydrogens (tertiary/aromatic N) is 4. The highest BCUT2D eigenvalue weighted by Gasteiger charge is 2.18. The summed E-state index contributed by atoms with van der Waals surface area (Å²) < 4.78 is 0. The van der Waals surface area contributed by atoms with Gasteiger partial charge in [0.15, 0.2) is 0 Å². The highest BCUT2D eigenvalue weighted by Crippen LogP contribution is 2.17. The molecule has 3 amide bonds. The fourth-order valence-electron chi connectivity index (χ4n) is 3.17. The van der Waals surface area contributed by atoms with Crippen molar-refractivity contribution in [2.75, 3.05) is 50.0 Å². The van der Waals surface area contributed by atoms with E-state index >= 15 is 0 Å². The van der Waals surface area contributed by atoms with E-state index in [1.165, 1.54) is 0 Å². The summed E-state index contributed by atoms with van der Waals surface area (Å²) in [6.07, 6.45) is 3.56. The Morgan fingerprint density at radius 3 is 2.41 bits per heavy atom. The fraction of sp³-hybridized carbons (Fsp3) is 0.400. The average molecular weight is 397 g/mol. The number of carbonyl (C=O) groups excluding carboxylic acids is 2. The molecule has 3 heterocycles. The summed E-state index contributed by atoms with van der Waals surface area (Å²) in [6, 6.07) is 7.25. The van der Waals surface area contributed by atoms with E-state index in [-0.39, 0.29) is 11.9 Å². The van der Waals surface area contributed by atoms with Crippen LogP contribution in [0, 0.1) is 0 Å². The Morgan fingerprint density at radius 1 is 1.03 bits per heavy atom. The summed E-state index contributed by atoms with van der Waals surface area (Å²) in [5, 5.41) is 7.95. The van der Waals surface area contributed by atoms with E-state index in [9.17, 15) is 9.59 Å². The molecule has 0 spiro atoms. The van der Waals surface area contributed by atoms with Gasteiger partial charge in [0.2, 0.25) is 0 Å². The molecular weight excluding hydrogens is 370 g/mol. The minimum atomic E-state index is -0.248. The first-order valence-electron chi connectivity index (χ1n) is 9.74. The van der Waals surface area contributed by atoms with E-state index in [2.05, 4.69) is 35.7 Å². The molecule has 9 heteroatoms. The van der Waals surface area contributed by atoms with Crippen molar-refractivity contribution >= 4 is 23.4 Å². The van der Waals surface area contributed by atoms with E-state index in [0.29, 0.717) is 18.1 Å². The second-order valence-corrected chi connectivity index (χ2v) is 6.78. The van der Waals surface area contributed by atoms with Crippen LogP contribution in [0.3, 0.4) is 0 Å². The number of carbonyl (C=O) groups is 2. The lowest BCUT2D eigenvalue weighted by Crippen LogP contribution is -2.46. The van der Waals surface area contributed by atoms with Crippen LogP contribution >= 0.6 is 0 Å². The van der Waals surface area contributed by atoms with E-state index in [4.69, 9.17) is 0 Å². The Labute approximate surface area is 170 Å². The zero-order valence-electron chi connectivity index (χ0n) is 16.8. The van der Waals surface area contributed by atoms with Gasteiger partial charge >= 0.3 is 6.03 Å². The van der Waals surface area contributed by atoms with Gasteiger partial charge in [-0.1, -0.05) is 6.07 Å². The van der Waals surface area contributed by atoms with Crippen molar-refractivity contribution in [1.82, 2.24) is 25.5 Å². The maximum Gasteiger partial charge on any atom is 0.320 e. The molecule has 0 saturated carbocycles. The van der Waals surface area contributed by atoms with Crippen LogP contribution in [0.5, 0.6) is 0 Å². The van der Waals surface area contributed by atoms with Gasteiger partial charge in [0.25, 0.3) is 5.91 Å². The molecule has 154 valence electrons. The summed E-state index contributed by atoms with van der Waals surface area (Å²) in [6.45, 7) is 6.90. The van der Waals surface area contributed by atoms with Crippen LogP contribution in [-0.4, -0.2) is 66.6 Å². The molecule has 9 nitrogen and oxygen atoms in total. The highest BCUT2D eigenvalue weighted by molar-refractivity contribution is 5.92. The summed E-state index contributed by atoms with van der Waals surface area (Å²) in [5.41, 5.74) is 2.56. The number of rotatable bonds is 6. The normalized spacial score (nSPS) is 14.3. The van der Waals surface area contributed by atoms with Crippen LogP contribution in [0.15, 0.2) is 36.7 Å². The van der Waals surface area contributed by atoms with E-state index in [1.807, 2.05) is 25.1 Å². The summed E-state index contributed by atoms with van der Waals surface area (Å²) >= 11 is 0. The second-order valence-electron chi connectivity index (χ2n) is 6.78. The molecule has 0 aromatic carbocycles. The lowest BCUT2D eigenvalue weighted by molar-refractivity contribution is 0.0958. The van der Waals surface area contributed by atoms with Gasteiger partial charge in [-0.15, -0.1) is 0 Å². The first kappa shape index (κ1) is 20.5. The van der Waals surface area contributed by atoms with Gasteiger partial charge in [-0.25, -0.2) is 14.8 Å². The number of hydrogen-bond acceptors (Lipinski definition) is 6. The van der Waals surface area contributed by atoms with E-state index in [1.54, 1.807) is 25.5 Å². The van der Waals surface area contributed by atoms with Gasteiger partial charge in [-0.05, 0) is 30.7 Å². The standard InChI is InChI=1S/C20H27N7O2/c1-3-22-20(29)25-18-7-4-15(12-24-18)14-26-8-10-27(11-9-26)16-5-6-17(23-13-16)19(28)21-2/h4-7,12-13H,3,8-11,14H2,1-2H3,(H,21,28)(H2,22,24,25,29). The van der Waals surface area contributed by atoms with Gasteiger partial charge in [0.1, 0.15) is 11.5 Å². The number of pyridine rings is 2. The van der Waals surface area contributed by atoms with Crippen LogP contribution in [0.2, 0.25) is 0 Å². The maximum absolute atomic E-state index is 11.6. The topological polar surface area (TPSA) is 102 Å². The predicted octanol–water partition coefficient (Wildman–Crippen LogP) is 1.30. The Hall–Kier alpha value is -3.20. The molecule has 2 aromatic rings. The zero-order valence-corrected chi connectivity index (χ0v) is 16.8. The lowest BCUT2D eigenvalue weighted by atomic mass is 10.2. The number of urea groups is 1. The van der Waals surface area contributed by atoms with Crippen LogP contribution in [-0.2, 0) is 6.54 Å². The largest absolute Gasteiger partial charge is 0.368 e. The van der Waals surface area contributed by atoms with Gasteiger partial charge < -0.3 is 15.5 Å². The fourth-order valence-corrected chi connectivity index (χ4v) is 3.17. The Balaban J connectivity index is 1.48. The van der Waals surface area contributed by atoms with Gasteiger partial charge in [-0.2, -0.15) is 0 Å². The Bertz CT molecular complexity index is 816. The third-order valence-corrected chi connectivity index (χ3v) is 4.75. The quantitative estimate of drug-likeness (QED) is 0.679. The van der Waals surface area contributed by atoms with E-state index < -0.39 is 0 Å². The molecule has 3 rings (SSSR count). The summed E-state index contributed by atoms with van der Waals surface area (Å²) in [4.78, 5) is 36.3. The number of anilines is 2. The third-order valence-electron chi connectivity index (χ3n) is 4.75. The van der Waals surface area contributed by atoms with Gasteiger partial charge in [0.05, 0.1) is 11.9 Å². The minimum absolute atomic E-state index is 0.179. The van der Waals surface area contributed by atoms with Gasteiger partial charge in [-0.3, -0.25) is 15.0 Å². The van der Waals surface area contributed by atoms with Crippen LogP contribution < -0.4 is 20.9 Å². The Kier molecular flexibility index (Phi) is 6.96. The zero-order chi connectivity index (χ0) is 20.6. The molecule has 0 radical (unpaired) electrons. The van der Waals surface area contributed by atoms with Crippen molar-refractivity contribution in [1.29, 1.82) is 0 Å². The second kappa shape index (κ2) is 9.83. The molecule has 29 heavy (non-hydrogen) atoms. The van der Waals surface area contributed by atoms with Crippen molar-refractivity contribution in [2.45, 2.75) is 13.5 Å². The SMILES string of the molecule is CCNC(=O)Nc1ccc(CN2CCN(c3ccc(C(=O)NC)nc3)CC2)cn1. The monoisotopic (exact) mass is 397 g/mol. The van der Waals surface area contributed by atoms with Crippen LogP contribution in [0.1, 0.15) is 23.0 Å². The highest BCUT2D eigenvalue weighted by atomic mass is 16.2. The van der Waals surface area contributed by atoms with Crippen molar-refractivity contribution in [3.63, 3.8) is 0 Å². The predicted molar refractivity (Wildman–Crippen MR) is 112 cm³/mol. The summed E-state index contributed by atoms with van der Waals surface area (Å²) in [7, 11) is 1.60. The van der Waals surface area contributed by atoms with Crippen LogP contribution in [0.4, 0.5) is 16.3 Å². The third kappa shape index (κ3) is 5.64.